The van der Waals surface area contributed by atoms with E-state index in [1.54, 1.807) is 29.4 Å². The van der Waals surface area contributed by atoms with Gasteiger partial charge in [0, 0.05) is 39.3 Å². The molecule has 1 amide bonds. The highest BCUT2D eigenvalue weighted by molar-refractivity contribution is 7.89. The van der Waals surface area contributed by atoms with Gasteiger partial charge in [-0.15, -0.1) is 0 Å². The van der Waals surface area contributed by atoms with Crippen molar-refractivity contribution < 1.29 is 22.7 Å². The number of rotatable bonds is 8. The first-order chi connectivity index (χ1) is 14.0. The number of aryl methyl sites for hydroxylation is 1. The van der Waals surface area contributed by atoms with Gasteiger partial charge in [-0.25, -0.2) is 8.42 Å². The zero-order valence-electron chi connectivity index (χ0n) is 17.1. The lowest BCUT2D eigenvalue weighted by Gasteiger charge is -2.26. The van der Waals surface area contributed by atoms with Gasteiger partial charge in [0.15, 0.2) is 6.61 Å². The minimum atomic E-state index is -3.47. The van der Waals surface area contributed by atoms with E-state index in [2.05, 4.69) is 10.2 Å². The molecular weight excluding hydrogens is 394 g/mol. The van der Waals surface area contributed by atoms with Crippen molar-refractivity contribution in [2.75, 3.05) is 59.1 Å². The Morgan fingerprint density at radius 2 is 1.86 bits per heavy atom. The topological polar surface area (TPSA) is 88.2 Å². The molecule has 2 aliphatic rings. The number of amides is 1. The van der Waals surface area contributed by atoms with E-state index in [9.17, 15) is 13.2 Å². The summed E-state index contributed by atoms with van der Waals surface area (Å²) in [7, 11) is -3.47. The summed E-state index contributed by atoms with van der Waals surface area (Å²) in [6, 6.07) is 4.81. The van der Waals surface area contributed by atoms with Crippen molar-refractivity contribution in [1.82, 2.24) is 14.5 Å². The monoisotopic (exact) mass is 425 g/mol. The number of carbonyl (C=O) groups excluding carboxylic acids is 1. The van der Waals surface area contributed by atoms with E-state index in [4.69, 9.17) is 9.47 Å². The Balaban J connectivity index is 1.48. The molecule has 162 valence electrons. The Bertz CT molecular complexity index is 787. The second kappa shape index (κ2) is 10.4. The zero-order valence-corrected chi connectivity index (χ0v) is 17.9. The summed E-state index contributed by atoms with van der Waals surface area (Å²) < 4.78 is 38.0. The molecule has 1 aromatic rings. The minimum absolute atomic E-state index is 0.0951. The molecule has 0 radical (unpaired) electrons. The fraction of sp³-hybridized carbons (Fsp3) is 0.650. The molecule has 2 aliphatic heterocycles. The molecule has 29 heavy (non-hydrogen) atoms. The molecule has 0 spiro atoms. The van der Waals surface area contributed by atoms with Crippen molar-refractivity contribution in [3.63, 3.8) is 0 Å². The number of morpholine rings is 1. The second-order valence-electron chi connectivity index (χ2n) is 7.48. The number of nitrogens with zero attached hydrogens (tertiary/aromatic N) is 2. The molecule has 3 rings (SSSR count). The van der Waals surface area contributed by atoms with Gasteiger partial charge in [0.1, 0.15) is 5.75 Å². The lowest BCUT2D eigenvalue weighted by molar-refractivity contribution is -0.123. The van der Waals surface area contributed by atoms with E-state index < -0.39 is 10.0 Å². The van der Waals surface area contributed by atoms with E-state index in [0.29, 0.717) is 30.9 Å². The Morgan fingerprint density at radius 1 is 1.14 bits per heavy atom. The maximum Gasteiger partial charge on any atom is 0.257 e. The molecule has 0 bridgehead atoms. The summed E-state index contributed by atoms with van der Waals surface area (Å²) in [6.45, 7) is 7.44. The molecule has 0 aromatic heterocycles. The molecule has 8 nitrogen and oxygen atoms in total. The number of hydrogen-bond donors (Lipinski definition) is 1. The smallest absolute Gasteiger partial charge is 0.257 e. The highest BCUT2D eigenvalue weighted by Gasteiger charge is 2.26. The van der Waals surface area contributed by atoms with Crippen LogP contribution in [0.4, 0.5) is 0 Å². The van der Waals surface area contributed by atoms with Crippen LogP contribution in [-0.2, 0) is 19.6 Å². The number of benzene rings is 1. The summed E-state index contributed by atoms with van der Waals surface area (Å²) in [5, 5.41) is 2.85. The van der Waals surface area contributed by atoms with Crippen LogP contribution in [0.1, 0.15) is 24.8 Å². The minimum Gasteiger partial charge on any atom is -0.484 e. The van der Waals surface area contributed by atoms with Crippen LogP contribution in [0.2, 0.25) is 0 Å². The molecule has 0 atom stereocenters. The molecule has 2 fully saturated rings. The first kappa shape index (κ1) is 22.0. The van der Waals surface area contributed by atoms with Gasteiger partial charge < -0.3 is 14.8 Å². The first-order valence-corrected chi connectivity index (χ1v) is 11.7. The van der Waals surface area contributed by atoms with Crippen molar-refractivity contribution in [1.29, 1.82) is 0 Å². The van der Waals surface area contributed by atoms with Gasteiger partial charge >= 0.3 is 0 Å². The third kappa shape index (κ3) is 6.15. The van der Waals surface area contributed by atoms with Crippen LogP contribution < -0.4 is 10.1 Å². The largest absolute Gasteiger partial charge is 0.484 e. The maximum absolute atomic E-state index is 12.8. The molecule has 1 N–H and O–H groups in total. The highest BCUT2D eigenvalue weighted by Crippen LogP contribution is 2.25. The fourth-order valence-electron chi connectivity index (χ4n) is 3.57. The van der Waals surface area contributed by atoms with Crippen molar-refractivity contribution in [3.05, 3.63) is 23.8 Å². The van der Waals surface area contributed by atoms with Gasteiger partial charge in [-0.2, -0.15) is 4.31 Å². The van der Waals surface area contributed by atoms with Gasteiger partial charge in [-0.1, -0.05) is 6.42 Å². The summed E-state index contributed by atoms with van der Waals surface area (Å²) in [4.78, 5) is 14.5. The van der Waals surface area contributed by atoms with Crippen LogP contribution >= 0.6 is 0 Å². The van der Waals surface area contributed by atoms with Crippen LogP contribution in [0, 0.1) is 6.92 Å². The van der Waals surface area contributed by atoms with Crippen LogP contribution in [0.5, 0.6) is 5.75 Å². The average molecular weight is 426 g/mol. The number of sulfonamides is 1. The molecule has 1 aromatic carbocycles. The first-order valence-electron chi connectivity index (χ1n) is 10.3. The molecular formula is C20H31N3O5S. The molecule has 9 heteroatoms. The molecule has 0 unspecified atom stereocenters. The van der Waals surface area contributed by atoms with Crippen LogP contribution in [0.3, 0.4) is 0 Å². The van der Waals surface area contributed by atoms with Gasteiger partial charge in [-0.3, -0.25) is 9.69 Å². The van der Waals surface area contributed by atoms with E-state index >= 15 is 0 Å². The predicted octanol–water partition coefficient (Wildman–Crippen LogP) is 0.997. The SMILES string of the molecule is Cc1cc(S(=O)(=O)N2CCCCC2)ccc1OCC(=O)NCCN1CCOCC1. The quantitative estimate of drug-likeness (QED) is 0.669. The predicted molar refractivity (Wildman–Crippen MR) is 110 cm³/mol. The van der Waals surface area contributed by atoms with Crippen LogP contribution in [0.25, 0.3) is 0 Å². The summed E-state index contributed by atoms with van der Waals surface area (Å²) >= 11 is 0. The standard InChI is InChI=1S/C20H31N3O5S/c1-17-15-18(29(25,26)23-8-3-2-4-9-23)5-6-19(17)28-16-20(24)21-7-10-22-11-13-27-14-12-22/h5-6,15H,2-4,7-14,16H2,1H3,(H,21,24). The summed E-state index contributed by atoms with van der Waals surface area (Å²) in [5.74, 6) is 0.327. The molecule has 0 saturated carbocycles. The molecule has 2 heterocycles. The fourth-order valence-corrected chi connectivity index (χ4v) is 5.17. The Hall–Kier alpha value is -1.68. The van der Waals surface area contributed by atoms with Crippen molar-refractivity contribution in [2.45, 2.75) is 31.1 Å². The highest BCUT2D eigenvalue weighted by atomic mass is 32.2. The Kier molecular flexibility index (Phi) is 7.88. The third-order valence-electron chi connectivity index (χ3n) is 5.31. The van der Waals surface area contributed by atoms with E-state index in [-0.39, 0.29) is 17.4 Å². The Labute approximate surface area is 173 Å². The zero-order chi connectivity index (χ0) is 20.7. The van der Waals surface area contributed by atoms with Crippen LogP contribution in [0.15, 0.2) is 23.1 Å². The molecule has 2 saturated heterocycles. The van der Waals surface area contributed by atoms with E-state index in [0.717, 1.165) is 52.1 Å². The normalized spacial score (nSPS) is 19.1. The van der Waals surface area contributed by atoms with Crippen molar-refractivity contribution >= 4 is 15.9 Å². The third-order valence-corrected chi connectivity index (χ3v) is 7.21. The number of ether oxygens (including phenoxy) is 2. The van der Waals surface area contributed by atoms with Gasteiger partial charge in [0.25, 0.3) is 5.91 Å². The van der Waals surface area contributed by atoms with Gasteiger partial charge in [0.2, 0.25) is 10.0 Å². The van der Waals surface area contributed by atoms with E-state index in [1.807, 2.05) is 0 Å². The number of hydrogen-bond acceptors (Lipinski definition) is 6. The summed E-state index contributed by atoms with van der Waals surface area (Å²) in [5.41, 5.74) is 0.698. The van der Waals surface area contributed by atoms with Crippen molar-refractivity contribution in [3.8, 4) is 5.75 Å². The summed E-state index contributed by atoms with van der Waals surface area (Å²) in [6.07, 6.45) is 2.88. The molecule has 0 aliphatic carbocycles. The number of carbonyl (C=O) groups is 1. The van der Waals surface area contributed by atoms with Crippen LogP contribution in [-0.4, -0.2) is 82.6 Å². The second-order valence-corrected chi connectivity index (χ2v) is 9.42. The van der Waals surface area contributed by atoms with Gasteiger partial charge in [-0.05, 0) is 43.5 Å². The van der Waals surface area contributed by atoms with Gasteiger partial charge in [0.05, 0.1) is 18.1 Å². The lowest BCUT2D eigenvalue weighted by atomic mass is 10.2. The maximum atomic E-state index is 12.8. The van der Waals surface area contributed by atoms with E-state index in [1.165, 1.54) is 0 Å². The average Bonchev–Trinajstić information content (AvgIpc) is 2.74. The number of piperidine rings is 1. The number of nitrogens with one attached hydrogen (secondary N) is 1. The van der Waals surface area contributed by atoms with Crippen molar-refractivity contribution in [2.24, 2.45) is 0 Å². The Morgan fingerprint density at radius 3 is 2.55 bits per heavy atom. The lowest BCUT2D eigenvalue weighted by Crippen LogP contribution is -2.42.